The van der Waals surface area contributed by atoms with E-state index in [1.807, 2.05) is 0 Å². The van der Waals surface area contributed by atoms with Crippen molar-refractivity contribution in [3.05, 3.63) is 24.3 Å². The van der Waals surface area contributed by atoms with Crippen LogP contribution in [-0.4, -0.2) is 41.3 Å². The first-order chi connectivity index (χ1) is 11.5. The van der Waals surface area contributed by atoms with Crippen LogP contribution >= 0.6 is 0 Å². The number of carbonyl (C=O) groups excluding carboxylic acids is 2. The van der Waals surface area contributed by atoms with Crippen LogP contribution in [0.3, 0.4) is 0 Å². The van der Waals surface area contributed by atoms with Gasteiger partial charge in [0.05, 0.1) is 19.3 Å². The fourth-order valence-corrected chi connectivity index (χ4v) is 3.20. The van der Waals surface area contributed by atoms with Crippen molar-refractivity contribution >= 4 is 11.8 Å². The molecule has 1 aliphatic rings. The van der Waals surface area contributed by atoms with E-state index in [4.69, 9.17) is 0 Å². The molecule has 24 heavy (non-hydrogen) atoms. The number of hydrogen-bond acceptors (Lipinski definition) is 5. The van der Waals surface area contributed by atoms with Crippen molar-refractivity contribution in [1.82, 2.24) is 0 Å². The molecule has 4 unspecified atom stereocenters. The van der Waals surface area contributed by atoms with Gasteiger partial charge in [-0.2, -0.15) is 0 Å². The summed E-state index contributed by atoms with van der Waals surface area (Å²) in [4.78, 5) is 22.9. The minimum absolute atomic E-state index is 0.127. The number of carbonyl (C=O) groups is 2. The lowest BCUT2D eigenvalue weighted by Gasteiger charge is -2.20. The molecule has 0 aromatic carbocycles. The number of methoxy groups -OCH3 is 1. The summed E-state index contributed by atoms with van der Waals surface area (Å²) < 4.78 is 4.50. The van der Waals surface area contributed by atoms with Crippen LogP contribution in [0.1, 0.15) is 51.9 Å². The zero-order valence-electron chi connectivity index (χ0n) is 14.7. The van der Waals surface area contributed by atoms with E-state index in [0.717, 1.165) is 19.3 Å². The van der Waals surface area contributed by atoms with Crippen molar-refractivity contribution in [1.29, 1.82) is 0 Å². The van der Waals surface area contributed by atoms with Crippen LogP contribution in [0.25, 0.3) is 0 Å². The topological polar surface area (TPSA) is 83.8 Å². The van der Waals surface area contributed by atoms with Crippen LogP contribution in [0.4, 0.5) is 0 Å². The third kappa shape index (κ3) is 6.97. The van der Waals surface area contributed by atoms with Gasteiger partial charge in [0.1, 0.15) is 5.78 Å². The normalized spacial score (nSPS) is 27.2. The predicted molar refractivity (Wildman–Crippen MR) is 92.3 cm³/mol. The van der Waals surface area contributed by atoms with Crippen molar-refractivity contribution in [3.63, 3.8) is 0 Å². The second kappa shape index (κ2) is 11.2. The molecule has 0 saturated heterocycles. The number of unbranched alkanes of at least 4 members (excludes halogenated alkanes) is 2. The van der Waals surface area contributed by atoms with E-state index in [9.17, 15) is 19.8 Å². The standard InChI is InChI=1S/C19H30O5/c1-3-4-5-8-14(20)11-12-16-15(17(21)13-18(16)22)9-6-7-10-19(23)24-2/h6-7,9-10,15-18,21-22H,3-5,8,11-13H2,1-2H3. The molecule has 1 aliphatic carbocycles. The average Bonchev–Trinajstić information content (AvgIpc) is 2.82. The number of aliphatic hydroxyl groups excluding tert-OH is 2. The van der Waals surface area contributed by atoms with Gasteiger partial charge in [0.25, 0.3) is 0 Å². The molecule has 0 spiro atoms. The molecular formula is C19H30O5. The quantitative estimate of drug-likeness (QED) is 0.277. The number of hydrogen-bond donors (Lipinski definition) is 2. The van der Waals surface area contributed by atoms with Crippen molar-refractivity contribution in [2.24, 2.45) is 11.8 Å². The average molecular weight is 338 g/mol. The molecular weight excluding hydrogens is 308 g/mol. The predicted octanol–water partition coefficient (Wildman–Crippen LogP) is 2.56. The SMILES string of the molecule is CCCCCC(=O)CCC1C(O)CC(O)C1C=CC=CC(=O)OC. The third-order valence-electron chi connectivity index (χ3n) is 4.61. The number of Topliss-reactive ketones (excluding diaryl/α,β-unsaturated/α-hetero) is 1. The van der Waals surface area contributed by atoms with Gasteiger partial charge in [-0.1, -0.05) is 38.0 Å². The summed E-state index contributed by atoms with van der Waals surface area (Å²) in [6.07, 6.45) is 10.1. The van der Waals surface area contributed by atoms with Crippen LogP contribution < -0.4 is 0 Å². The van der Waals surface area contributed by atoms with Gasteiger partial charge in [0.15, 0.2) is 0 Å². The zero-order valence-corrected chi connectivity index (χ0v) is 14.7. The highest BCUT2D eigenvalue weighted by Crippen LogP contribution is 2.36. The summed E-state index contributed by atoms with van der Waals surface area (Å²) >= 11 is 0. The van der Waals surface area contributed by atoms with Crippen molar-refractivity contribution in [3.8, 4) is 0 Å². The summed E-state index contributed by atoms with van der Waals surface area (Å²) in [5.41, 5.74) is 0. The van der Waals surface area contributed by atoms with Crippen LogP contribution in [-0.2, 0) is 14.3 Å². The van der Waals surface area contributed by atoms with Crippen LogP contribution in [0, 0.1) is 11.8 Å². The molecule has 0 aromatic heterocycles. The van der Waals surface area contributed by atoms with Crippen molar-refractivity contribution in [2.45, 2.75) is 64.1 Å². The Morgan fingerprint density at radius 2 is 1.88 bits per heavy atom. The van der Waals surface area contributed by atoms with E-state index in [-0.39, 0.29) is 17.6 Å². The van der Waals surface area contributed by atoms with E-state index in [0.29, 0.717) is 25.7 Å². The van der Waals surface area contributed by atoms with Gasteiger partial charge in [-0.25, -0.2) is 4.79 Å². The molecule has 0 heterocycles. The Bertz CT molecular complexity index is 455. The summed E-state index contributed by atoms with van der Waals surface area (Å²) in [5.74, 6) is -0.546. The fraction of sp³-hybridized carbons (Fsp3) is 0.684. The maximum Gasteiger partial charge on any atom is 0.330 e. The summed E-state index contributed by atoms with van der Waals surface area (Å²) in [5, 5.41) is 20.3. The zero-order chi connectivity index (χ0) is 17.9. The van der Waals surface area contributed by atoms with Gasteiger partial charge >= 0.3 is 5.97 Å². The van der Waals surface area contributed by atoms with E-state index in [1.165, 1.54) is 13.2 Å². The molecule has 4 atom stereocenters. The summed E-state index contributed by atoms with van der Waals surface area (Å²) in [6, 6.07) is 0. The Kier molecular flexibility index (Phi) is 9.57. The Balaban J connectivity index is 2.53. The van der Waals surface area contributed by atoms with E-state index < -0.39 is 18.2 Å². The monoisotopic (exact) mass is 338 g/mol. The molecule has 0 radical (unpaired) electrons. The highest BCUT2D eigenvalue weighted by molar-refractivity contribution is 5.82. The highest BCUT2D eigenvalue weighted by Gasteiger charge is 2.39. The highest BCUT2D eigenvalue weighted by atomic mass is 16.5. The second-order valence-corrected chi connectivity index (χ2v) is 6.41. The molecule has 1 rings (SSSR count). The molecule has 1 saturated carbocycles. The Morgan fingerprint density at radius 1 is 1.12 bits per heavy atom. The van der Waals surface area contributed by atoms with Crippen LogP contribution in [0.15, 0.2) is 24.3 Å². The number of esters is 1. The van der Waals surface area contributed by atoms with E-state index in [1.54, 1.807) is 18.2 Å². The fourth-order valence-electron chi connectivity index (χ4n) is 3.20. The largest absolute Gasteiger partial charge is 0.466 e. The Labute approximate surface area is 144 Å². The molecule has 1 fully saturated rings. The molecule has 5 nitrogen and oxygen atoms in total. The molecule has 5 heteroatoms. The van der Waals surface area contributed by atoms with Crippen LogP contribution in [0.2, 0.25) is 0 Å². The number of ether oxygens (including phenoxy) is 1. The molecule has 0 bridgehead atoms. The van der Waals surface area contributed by atoms with E-state index >= 15 is 0 Å². The maximum atomic E-state index is 11.9. The first-order valence-corrected chi connectivity index (χ1v) is 8.80. The van der Waals surface area contributed by atoms with Crippen LogP contribution in [0.5, 0.6) is 0 Å². The summed E-state index contributed by atoms with van der Waals surface area (Å²) in [7, 11) is 1.31. The first-order valence-electron chi connectivity index (χ1n) is 8.80. The Morgan fingerprint density at radius 3 is 2.54 bits per heavy atom. The first kappa shape index (κ1) is 20.6. The van der Waals surface area contributed by atoms with Crippen molar-refractivity contribution in [2.75, 3.05) is 7.11 Å². The molecule has 2 N–H and O–H groups in total. The smallest absolute Gasteiger partial charge is 0.330 e. The van der Waals surface area contributed by atoms with Gasteiger partial charge in [-0.3, -0.25) is 4.79 Å². The lowest BCUT2D eigenvalue weighted by Crippen LogP contribution is -2.21. The number of aliphatic hydroxyl groups is 2. The lowest BCUT2D eigenvalue weighted by molar-refractivity contribution is -0.134. The van der Waals surface area contributed by atoms with Crippen molar-refractivity contribution < 1.29 is 24.5 Å². The third-order valence-corrected chi connectivity index (χ3v) is 4.61. The van der Waals surface area contributed by atoms with Gasteiger partial charge in [0, 0.05) is 31.3 Å². The number of allylic oxidation sites excluding steroid dienone is 2. The molecule has 0 amide bonds. The number of ketones is 1. The minimum Gasteiger partial charge on any atom is -0.466 e. The second-order valence-electron chi connectivity index (χ2n) is 6.41. The lowest BCUT2D eigenvalue weighted by atomic mass is 9.88. The summed E-state index contributed by atoms with van der Waals surface area (Å²) in [6.45, 7) is 2.10. The maximum absolute atomic E-state index is 11.9. The van der Waals surface area contributed by atoms with Gasteiger partial charge in [0.2, 0.25) is 0 Å². The molecule has 0 aromatic rings. The molecule has 0 aliphatic heterocycles. The van der Waals surface area contributed by atoms with E-state index in [2.05, 4.69) is 11.7 Å². The Hall–Kier alpha value is -1.46. The van der Waals surface area contributed by atoms with Gasteiger partial charge < -0.3 is 14.9 Å². The number of rotatable bonds is 10. The minimum atomic E-state index is -0.622. The van der Waals surface area contributed by atoms with Gasteiger partial charge in [-0.15, -0.1) is 0 Å². The van der Waals surface area contributed by atoms with Gasteiger partial charge in [-0.05, 0) is 18.8 Å². The molecule has 136 valence electrons.